The molecule has 2 aromatic carbocycles. The van der Waals surface area contributed by atoms with Crippen molar-refractivity contribution in [2.24, 2.45) is 0 Å². The molecule has 0 fully saturated rings. The minimum Gasteiger partial charge on any atom is -0.497 e. The number of rotatable bonds is 6. The van der Waals surface area contributed by atoms with Crippen LogP contribution in [0.4, 0.5) is 8.78 Å². The van der Waals surface area contributed by atoms with Crippen molar-refractivity contribution in [2.45, 2.75) is 6.54 Å². The number of allylic oxidation sites excluding steroid dienone is 1. The van der Waals surface area contributed by atoms with E-state index in [2.05, 4.69) is 10.1 Å². The summed E-state index contributed by atoms with van der Waals surface area (Å²) in [6.07, 6.45) is 6.40. The van der Waals surface area contributed by atoms with E-state index in [9.17, 15) is 13.6 Å². The van der Waals surface area contributed by atoms with Crippen molar-refractivity contribution in [2.75, 3.05) is 7.11 Å². The van der Waals surface area contributed by atoms with E-state index in [1.54, 1.807) is 25.6 Å². The fourth-order valence-corrected chi connectivity index (χ4v) is 3.25. The van der Waals surface area contributed by atoms with Crippen molar-refractivity contribution >= 4 is 6.08 Å². The highest BCUT2D eigenvalue weighted by Gasteiger charge is 2.13. The molecule has 0 radical (unpaired) electrons. The van der Waals surface area contributed by atoms with E-state index in [4.69, 9.17) is 4.74 Å². The molecule has 0 aliphatic rings. The smallest absolute Gasteiger partial charge is 0.267 e. The van der Waals surface area contributed by atoms with Crippen LogP contribution in [0.25, 0.3) is 28.5 Å². The fourth-order valence-electron chi connectivity index (χ4n) is 3.25. The van der Waals surface area contributed by atoms with Gasteiger partial charge in [0, 0.05) is 41.2 Å². The molecule has 0 spiro atoms. The van der Waals surface area contributed by atoms with Crippen LogP contribution in [-0.2, 0) is 6.54 Å². The van der Waals surface area contributed by atoms with Crippen LogP contribution in [0.2, 0.25) is 0 Å². The van der Waals surface area contributed by atoms with Crippen LogP contribution in [0.15, 0.2) is 83.9 Å². The van der Waals surface area contributed by atoms with Gasteiger partial charge in [-0.2, -0.15) is 5.10 Å². The highest BCUT2D eigenvalue weighted by Crippen LogP contribution is 2.30. The fraction of sp³-hybridized carbons (Fsp3) is 0.0800. The number of hydrogen-bond acceptors (Lipinski definition) is 4. The van der Waals surface area contributed by atoms with Gasteiger partial charge in [0.2, 0.25) is 0 Å². The molecule has 0 aliphatic heterocycles. The molecular weight excluding hydrogens is 412 g/mol. The van der Waals surface area contributed by atoms with Crippen molar-refractivity contribution < 1.29 is 13.5 Å². The molecule has 32 heavy (non-hydrogen) atoms. The average Bonchev–Trinajstić information content (AvgIpc) is 2.82. The number of pyridine rings is 1. The van der Waals surface area contributed by atoms with E-state index in [0.29, 0.717) is 17.0 Å². The van der Waals surface area contributed by atoms with Gasteiger partial charge < -0.3 is 4.74 Å². The summed E-state index contributed by atoms with van der Waals surface area (Å²) < 4.78 is 33.5. The van der Waals surface area contributed by atoms with Crippen molar-refractivity contribution in [1.29, 1.82) is 0 Å². The van der Waals surface area contributed by atoms with Gasteiger partial charge in [0.15, 0.2) is 0 Å². The van der Waals surface area contributed by atoms with Gasteiger partial charge in [-0.05, 0) is 54.1 Å². The van der Waals surface area contributed by atoms with E-state index in [0.717, 1.165) is 17.2 Å². The first-order chi connectivity index (χ1) is 15.5. The Hall–Kier alpha value is -4.13. The number of ether oxygens (including phenoxy) is 1. The van der Waals surface area contributed by atoms with Gasteiger partial charge >= 0.3 is 0 Å². The molecule has 2 heterocycles. The molecular formula is C25H19F2N3O2. The van der Waals surface area contributed by atoms with Crippen LogP contribution in [0.5, 0.6) is 5.75 Å². The zero-order valence-electron chi connectivity index (χ0n) is 17.2. The molecule has 0 N–H and O–H groups in total. The van der Waals surface area contributed by atoms with Gasteiger partial charge in [-0.1, -0.05) is 12.2 Å². The molecule has 0 saturated carbocycles. The molecule has 0 saturated heterocycles. The Bertz CT molecular complexity index is 1320. The van der Waals surface area contributed by atoms with Crippen molar-refractivity contribution in [3.8, 4) is 28.1 Å². The number of halogens is 2. The second-order valence-corrected chi connectivity index (χ2v) is 6.96. The summed E-state index contributed by atoms with van der Waals surface area (Å²) in [5.41, 5.74) is 2.82. The lowest BCUT2D eigenvalue weighted by Crippen LogP contribution is -2.22. The maximum Gasteiger partial charge on any atom is 0.267 e. The number of hydrogen-bond donors (Lipinski definition) is 0. The van der Waals surface area contributed by atoms with Crippen LogP contribution in [0.1, 0.15) is 5.56 Å². The maximum atomic E-state index is 13.9. The lowest BCUT2D eigenvalue weighted by atomic mass is 10.0. The SMILES string of the molecule is COc1ccc(-c2nn(CC=Cc3ccc(F)cc3F)c(=O)cc2-c2ccncc2)cc1. The molecule has 2 aromatic heterocycles. The third kappa shape index (κ3) is 4.62. The molecule has 4 rings (SSSR count). The van der Waals surface area contributed by atoms with Gasteiger partial charge in [-0.15, -0.1) is 0 Å². The standard InChI is InChI=1S/C25H19F2N3O2/c1-32-21-8-5-19(6-9-21)25-22(17-10-12-28-13-11-17)16-24(31)30(29-25)14-2-3-18-4-7-20(26)15-23(18)27/h2-13,15-16H,14H2,1H3. The van der Waals surface area contributed by atoms with E-state index >= 15 is 0 Å². The van der Waals surface area contributed by atoms with E-state index in [1.165, 1.54) is 29.0 Å². The number of nitrogens with zero attached hydrogens (tertiary/aromatic N) is 3. The summed E-state index contributed by atoms with van der Waals surface area (Å²) >= 11 is 0. The molecule has 0 unspecified atom stereocenters. The summed E-state index contributed by atoms with van der Waals surface area (Å²) in [4.78, 5) is 16.8. The second-order valence-electron chi connectivity index (χ2n) is 6.96. The molecule has 0 atom stereocenters. The Kier molecular flexibility index (Phi) is 6.17. The third-order valence-electron chi connectivity index (χ3n) is 4.89. The van der Waals surface area contributed by atoms with Gasteiger partial charge in [-0.3, -0.25) is 9.78 Å². The van der Waals surface area contributed by atoms with Gasteiger partial charge in [0.1, 0.15) is 17.4 Å². The Morgan fingerprint density at radius 1 is 0.969 bits per heavy atom. The van der Waals surface area contributed by atoms with Gasteiger partial charge in [-0.25, -0.2) is 13.5 Å². The largest absolute Gasteiger partial charge is 0.497 e. The second kappa shape index (κ2) is 9.34. The minimum atomic E-state index is -0.673. The van der Waals surface area contributed by atoms with Crippen molar-refractivity contribution in [3.05, 3.63) is 107 Å². The quantitative estimate of drug-likeness (QED) is 0.432. The van der Waals surface area contributed by atoms with Gasteiger partial charge in [0.25, 0.3) is 5.56 Å². The van der Waals surface area contributed by atoms with E-state index < -0.39 is 11.6 Å². The normalized spacial score (nSPS) is 11.1. The highest BCUT2D eigenvalue weighted by atomic mass is 19.1. The number of methoxy groups -OCH3 is 1. The Labute approximate surface area is 183 Å². The van der Waals surface area contributed by atoms with Crippen LogP contribution >= 0.6 is 0 Å². The zero-order chi connectivity index (χ0) is 22.5. The Morgan fingerprint density at radius 2 is 1.72 bits per heavy atom. The van der Waals surface area contributed by atoms with Gasteiger partial charge in [0.05, 0.1) is 19.3 Å². The lowest BCUT2D eigenvalue weighted by molar-refractivity contribution is 0.415. The van der Waals surface area contributed by atoms with Crippen LogP contribution in [0.3, 0.4) is 0 Å². The monoisotopic (exact) mass is 431 g/mol. The zero-order valence-corrected chi connectivity index (χ0v) is 17.2. The number of benzene rings is 2. The van der Waals surface area contributed by atoms with Crippen molar-refractivity contribution in [1.82, 2.24) is 14.8 Å². The van der Waals surface area contributed by atoms with Crippen LogP contribution in [0, 0.1) is 11.6 Å². The molecule has 0 bridgehead atoms. The number of aromatic nitrogens is 3. The first kappa shape index (κ1) is 21.1. The first-order valence-electron chi connectivity index (χ1n) is 9.84. The highest BCUT2D eigenvalue weighted by molar-refractivity contribution is 5.80. The first-order valence-corrected chi connectivity index (χ1v) is 9.84. The summed E-state index contributed by atoms with van der Waals surface area (Å²) in [6, 6.07) is 15.8. The topological polar surface area (TPSA) is 57.0 Å². The minimum absolute atomic E-state index is 0.120. The maximum absolute atomic E-state index is 13.9. The average molecular weight is 431 g/mol. The Balaban J connectivity index is 1.73. The summed E-state index contributed by atoms with van der Waals surface area (Å²) in [7, 11) is 1.59. The summed E-state index contributed by atoms with van der Waals surface area (Å²) in [5, 5.41) is 4.58. The van der Waals surface area contributed by atoms with E-state index in [1.807, 2.05) is 36.4 Å². The lowest BCUT2D eigenvalue weighted by Gasteiger charge is -2.12. The summed E-state index contributed by atoms with van der Waals surface area (Å²) in [6.45, 7) is 0.120. The van der Waals surface area contributed by atoms with E-state index in [-0.39, 0.29) is 17.7 Å². The van der Waals surface area contributed by atoms with Crippen LogP contribution < -0.4 is 10.3 Å². The predicted octanol–water partition coefficient (Wildman–Crippen LogP) is 4.97. The molecule has 5 nitrogen and oxygen atoms in total. The predicted molar refractivity (Wildman–Crippen MR) is 119 cm³/mol. The molecule has 0 aliphatic carbocycles. The summed E-state index contributed by atoms with van der Waals surface area (Å²) in [5.74, 6) is -0.612. The third-order valence-corrected chi connectivity index (χ3v) is 4.89. The van der Waals surface area contributed by atoms with Crippen LogP contribution in [-0.4, -0.2) is 21.9 Å². The molecule has 7 heteroatoms. The molecule has 0 amide bonds. The molecule has 4 aromatic rings. The Morgan fingerprint density at radius 3 is 2.41 bits per heavy atom. The van der Waals surface area contributed by atoms with Crippen molar-refractivity contribution in [3.63, 3.8) is 0 Å². The molecule has 160 valence electrons.